The molecule has 2 aliphatic carbocycles. The van der Waals surface area contributed by atoms with Crippen molar-refractivity contribution >= 4 is 10.0 Å². The molecule has 0 aromatic heterocycles. The molecule has 4 heteroatoms. The summed E-state index contributed by atoms with van der Waals surface area (Å²) in [5, 5.41) is -0.358. The maximum absolute atomic E-state index is 12.8. The van der Waals surface area contributed by atoms with Gasteiger partial charge in [0.1, 0.15) is 0 Å². The standard InChI is InChI=1S/C16H30NO2S/c1-11(2)17(20(18,19)12(3)4)14-10-13-8-9-16(14,7)15(13,5)6/h11-13H,8-10H2,1-7H3. The molecular weight excluding hydrogens is 270 g/mol. The van der Waals surface area contributed by atoms with Gasteiger partial charge in [0.05, 0.1) is 11.3 Å². The fourth-order valence-corrected chi connectivity index (χ4v) is 5.87. The van der Waals surface area contributed by atoms with E-state index in [-0.39, 0.29) is 22.1 Å². The molecule has 2 rings (SSSR count). The minimum Gasteiger partial charge on any atom is -0.212 e. The van der Waals surface area contributed by atoms with E-state index >= 15 is 0 Å². The van der Waals surface area contributed by atoms with Crippen molar-refractivity contribution in [1.82, 2.24) is 4.31 Å². The van der Waals surface area contributed by atoms with Gasteiger partial charge < -0.3 is 0 Å². The first kappa shape index (κ1) is 16.3. The maximum Gasteiger partial charge on any atom is 0.217 e. The van der Waals surface area contributed by atoms with Crippen LogP contribution in [-0.4, -0.2) is 24.0 Å². The average molecular weight is 300 g/mol. The van der Waals surface area contributed by atoms with E-state index in [1.54, 1.807) is 18.2 Å². The summed E-state index contributed by atoms with van der Waals surface area (Å²) in [6.07, 6.45) is 3.31. The first-order valence-electron chi connectivity index (χ1n) is 7.86. The molecule has 2 atom stereocenters. The summed E-state index contributed by atoms with van der Waals surface area (Å²) >= 11 is 0. The van der Waals surface area contributed by atoms with Gasteiger partial charge in [0, 0.05) is 6.04 Å². The summed E-state index contributed by atoms with van der Waals surface area (Å²) in [5.74, 6) is 0.631. The van der Waals surface area contributed by atoms with Crippen molar-refractivity contribution in [3.8, 4) is 0 Å². The maximum atomic E-state index is 12.8. The van der Waals surface area contributed by atoms with Crippen LogP contribution in [0.25, 0.3) is 0 Å². The zero-order valence-electron chi connectivity index (χ0n) is 14.0. The Kier molecular flexibility index (Phi) is 3.83. The Balaban J connectivity index is 2.44. The van der Waals surface area contributed by atoms with E-state index in [1.807, 2.05) is 13.8 Å². The minimum atomic E-state index is -3.24. The van der Waals surface area contributed by atoms with Gasteiger partial charge in [0.15, 0.2) is 0 Å². The van der Waals surface area contributed by atoms with Crippen LogP contribution in [0.2, 0.25) is 0 Å². The zero-order chi connectivity index (χ0) is 15.5. The van der Waals surface area contributed by atoms with Crippen molar-refractivity contribution in [3.63, 3.8) is 0 Å². The van der Waals surface area contributed by atoms with Crippen molar-refractivity contribution in [2.24, 2.45) is 16.7 Å². The monoisotopic (exact) mass is 300 g/mol. The summed E-state index contributed by atoms with van der Waals surface area (Å²) in [6, 6.07) is 1.17. The van der Waals surface area contributed by atoms with Gasteiger partial charge in [-0.15, -0.1) is 0 Å². The molecule has 3 nitrogen and oxygen atoms in total. The second-order valence-electron chi connectivity index (χ2n) is 7.92. The number of sulfonamides is 1. The predicted octanol–water partition coefficient (Wildman–Crippen LogP) is 3.81. The van der Waals surface area contributed by atoms with Crippen molar-refractivity contribution in [3.05, 3.63) is 6.04 Å². The largest absolute Gasteiger partial charge is 0.217 e. The van der Waals surface area contributed by atoms with E-state index in [0.29, 0.717) is 5.92 Å². The van der Waals surface area contributed by atoms with Crippen LogP contribution in [0.3, 0.4) is 0 Å². The molecule has 2 saturated carbocycles. The van der Waals surface area contributed by atoms with Crippen LogP contribution in [0, 0.1) is 22.8 Å². The van der Waals surface area contributed by atoms with Gasteiger partial charge in [-0.05, 0) is 63.7 Å². The molecule has 0 aliphatic heterocycles. The molecule has 2 fully saturated rings. The summed E-state index contributed by atoms with van der Waals surface area (Å²) in [4.78, 5) is 0. The first-order chi connectivity index (χ1) is 8.96. The van der Waals surface area contributed by atoms with Crippen molar-refractivity contribution in [1.29, 1.82) is 0 Å². The molecule has 117 valence electrons. The lowest BCUT2D eigenvalue weighted by atomic mass is 9.69. The Labute approximate surface area is 125 Å². The van der Waals surface area contributed by atoms with E-state index in [4.69, 9.17) is 0 Å². The highest BCUT2D eigenvalue weighted by Crippen LogP contribution is 2.70. The molecule has 20 heavy (non-hydrogen) atoms. The quantitative estimate of drug-likeness (QED) is 0.791. The van der Waals surface area contributed by atoms with Crippen LogP contribution >= 0.6 is 0 Å². The molecule has 0 spiro atoms. The molecule has 1 radical (unpaired) electrons. The zero-order valence-corrected chi connectivity index (χ0v) is 14.8. The Bertz CT molecular complexity index is 481. The molecule has 0 heterocycles. The average Bonchev–Trinajstić information content (AvgIpc) is 2.61. The second kappa shape index (κ2) is 4.70. The summed E-state index contributed by atoms with van der Waals surface area (Å²) in [6.45, 7) is 14.5. The number of hydrogen-bond donors (Lipinski definition) is 0. The lowest BCUT2D eigenvalue weighted by Crippen LogP contribution is -2.49. The molecule has 2 aliphatic rings. The molecule has 0 amide bonds. The van der Waals surface area contributed by atoms with Crippen LogP contribution < -0.4 is 0 Å². The molecule has 2 bridgehead atoms. The Hall–Kier alpha value is -0.0900. The van der Waals surface area contributed by atoms with Gasteiger partial charge in [0.25, 0.3) is 0 Å². The fourth-order valence-electron chi connectivity index (χ4n) is 4.25. The van der Waals surface area contributed by atoms with Crippen molar-refractivity contribution in [2.75, 3.05) is 0 Å². The lowest BCUT2D eigenvalue weighted by Gasteiger charge is -2.45. The third-order valence-electron chi connectivity index (χ3n) is 6.12. The summed E-state index contributed by atoms with van der Waals surface area (Å²) in [5.41, 5.74) is 0.242. The van der Waals surface area contributed by atoms with E-state index in [2.05, 4.69) is 20.8 Å². The number of nitrogens with zero attached hydrogens (tertiary/aromatic N) is 1. The molecule has 2 unspecified atom stereocenters. The Morgan fingerprint density at radius 2 is 1.70 bits per heavy atom. The highest BCUT2D eigenvalue weighted by molar-refractivity contribution is 7.89. The second-order valence-corrected chi connectivity index (χ2v) is 10.3. The van der Waals surface area contributed by atoms with E-state index in [9.17, 15) is 8.42 Å². The number of rotatable bonds is 4. The third kappa shape index (κ3) is 1.98. The van der Waals surface area contributed by atoms with Crippen molar-refractivity contribution in [2.45, 2.75) is 79.0 Å². The van der Waals surface area contributed by atoms with Crippen LogP contribution in [0.4, 0.5) is 0 Å². The van der Waals surface area contributed by atoms with Gasteiger partial charge in [-0.2, -0.15) is 4.31 Å². The Morgan fingerprint density at radius 1 is 1.15 bits per heavy atom. The summed E-state index contributed by atoms with van der Waals surface area (Å²) < 4.78 is 27.3. The fraction of sp³-hybridized carbons (Fsp3) is 0.938. The minimum absolute atomic E-state index is 0.00405. The number of fused-ring (bicyclic) bond motifs is 2. The van der Waals surface area contributed by atoms with Crippen LogP contribution in [0.5, 0.6) is 0 Å². The molecule has 0 saturated heterocycles. The normalized spacial score (nSPS) is 33.8. The molecule has 0 aromatic rings. The molecule has 0 N–H and O–H groups in total. The highest BCUT2D eigenvalue weighted by Gasteiger charge is 2.64. The number of hydrogen-bond acceptors (Lipinski definition) is 2. The van der Waals surface area contributed by atoms with E-state index in [1.165, 1.54) is 12.5 Å². The van der Waals surface area contributed by atoms with Gasteiger partial charge in [-0.1, -0.05) is 20.8 Å². The lowest BCUT2D eigenvalue weighted by molar-refractivity contribution is 0.130. The van der Waals surface area contributed by atoms with Gasteiger partial charge in [0.2, 0.25) is 10.0 Å². The summed E-state index contributed by atoms with van der Waals surface area (Å²) in [7, 11) is -3.24. The van der Waals surface area contributed by atoms with Crippen LogP contribution in [0.15, 0.2) is 0 Å². The van der Waals surface area contributed by atoms with Crippen LogP contribution in [-0.2, 0) is 10.0 Å². The molecule has 0 aromatic carbocycles. The van der Waals surface area contributed by atoms with E-state index in [0.717, 1.165) is 12.8 Å². The smallest absolute Gasteiger partial charge is 0.212 e. The van der Waals surface area contributed by atoms with Gasteiger partial charge in [-0.25, -0.2) is 8.42 Å². The third-order valence-corrected chi connectivity index (χ3v) is 8.50. The van der Waals surface area contributed by atoms with E-state index < -0.39 is 10.0 Å². The van der Waals surface area contributed by atoms with Crippen LogP contribution in [0.1, 0.15) is 67.7 Å². The SMILES string of the molecule is CC(C)N([C]1CC2CCC1(C)C2(C)C)S(=O)(=O)C(C)C. The predicted molar refractivity (Wildman–Crippen MR) is 83.5 cm³/mol. The highest BCUT2D eigenvalue weighted by atomic mass is 32.2. The topological polar surface area (TPSA) is 37.4 Å². The van der Waals surface area contributed by atoms with Crippen molar-refractivity contribution < 1.29 is 8.42 Å². The van der Waals surface area contributed by atoms with Gasteiger partial charge >= 0.3 is 0 Å². The first-order valence-corrected chi connectivity index (χ1v) is 9.36. The van der Waals surface area contributed by atoms with Gasteiger partial charge in [-0.3, -0.25) is 0 Å². The Morgan fingerprint density at radius 3 is 2.00 bits per heavy atom. The molecular formula is C16H30NO2S.